The van der Waals surface area contributed by atoms with Crippen LogP contribution in [0.5, 0.6) is 0 Å². The van der Waals surface area contributed by atoms with Crippen LogP contribution in [0.2, 0.25) is 0 Å². The number of halogens is 1. The molecule has 2 aromatic heterocycles. The standard InChI is InChI=1S/C13H13BrN2O3/c1-13(2,3)19-12(18)16-5-4-8-6-9(14)7-15-10(8)11(16)17/h4-7H,1-3H3. The molecule has 0 aromatic carbocycles. The molecule has 0 fully saturated rings. The zero-order chi connectivity index (χ0) is 14.2. The second-order valence-electron chi connectivity index (χ2n) is 5.06. The van der Waals surface area contributed by atoms with Crippen molar-refractivity contribution in [1.29, 1.82) is 0 Å². The SMILES string of the molecule is CC(C)(C)OC(=O)n1ccc2cc(Br)cnc2c1=O. The minimum atomic E-state index is -0.705. The van der Waals surface area contributed by atoms with Crippen molar-refractivity contribution in [3.8, 4) is 0 Å². The van der Waals surface area contributed by atoms with Gasteiger partial charge in [-0.3, -0.25) is 4.79 Å². The molecule has 0 N–H and O–H groups in total. The van der Waals surface area contributed by atoms with Gasteiger partial charge in [0.05, 0.1) is 0 Å². The predicted octanol–water partition coefficient (Wildman–Crippen LogP) is 2.94. The Morgan fingerprint density at radius 2 is 2.11 bits per heavy atom. The molecule has 0 aliphatic heterocycles. The Balaban J connectivity index is 2.52. The summed E-state index contributed by atoms with van der Waals surface area (Å²) in [5.74, 6) is 0. The van der Waals surface area contributed by atoms with E-state index in [0.717, 1.165) is 9.04 Å². The largest absolute Gasteiger partial charge is 0.443 e. The van der Waals surface area contributed by atoms with E-state index in [1.807, 2.05) is 0 Å². The molecule has 0 saturated carbocycles. The Morgan fingerprint density at radius 3 is 2.74 bits per heavy atom. The van der Waals surface area contributed by atoms with Gasteiger partial charge in [0, 0.05) is 22.3 Å². The predicted molar refractivity (Wildman–Crippen MR) is 75.3 cm³/mol. The van der Waals surface area contributed by atoms with E-state index in [1.54, 1.807) is 32.9 Å². The van der Waals surface area contributed by atoms with E-state index < -0.39 is 17.3 Å². The Bertz CT molecular complexity index is 701. The normalized spacial score (nSPS) is 11.6. The van der Waals surface area contributed by atoms with Gasteiger partial charge < -0.3 is 4.74 Å². The molecule has 6 heteroatoms. The molecule has 2 heterocycles. The molecule has 5 nitrogen and oxygen atoms in total. The lowest BCUT2D eigenvalue weighted by molar-refractivity contribution is 0.0531. The number of nitrogens with zero attached hydrogens (tertiary/aromatic N) is 2. The summed E-state index contributed by atoms with van der Waals surface area (Å²) in [6.45, 7) is 5.23. The van der Waals surface area contributed by atoms with Crippen molar-refractivity contribution in [2.45, 2.75) is 26.4 Å². The van der Waals surface area contributed by atoms with Crippen molar-refractivity contribution >= 4 is 32.9 Å². The highest BCUT2D eigenvalue weighted by molar-refractivity contribution is 9.10. The quantitative estimate of drug-likeness (QED) is 0.747. The number of ether oxygens (including phenoxy) is 1. The molecule has 0 radical (unpaired) electrons. The number of hydrogen-bond acceptors (Lipinski definition) is 4. The molecule has 100 valence electrons. The second kappa shape index (κ2) is 4.77. The Labute approximate surface area is 118 Å². The first-order chi connectivity index (χ1) is 8.78. The fourth-order valence-electron chi connectivity index (χ4n) is 1.55. The van der Waals surface area contributed by atoms with Crippen LogP contribution in [0, 0.1) is 0 Å². The Hall–Kier alpha value is -1.69. The zero-order valence-corrected chi connectivity index (χ0v) is 12.4. The van der Waals surface area contributed by atoms with Gasteiger partial charge in [0.15, 0.2) is 0 Å². The van der Waals surface area contributed by atoms with Gasteiger partial charge in [-0.2, -0.15) is 0 Å². The number of carbonyl (C=O) groups is 1. The van der Waals surface area contributed by atoms with Crippen LogP contribution in [0.3, 0.4) is 0 Å². The molecule has 19 heavy (non-hydrogen) atoms. The van der Waals surface area contributed by atoms with Crippen LogP contribution in [0.15, 0.2) is 33.8 Å². The van der Waals surface area contributed by atoms with Crippen LogP contribution in [-0.4, -0.2) is 21.2 Å². The number of pyridine rings is 2. The molecule has 0 saturated heterocycles. The summed E-state index contributed by atoms with van der Waals surface area (Å²) in [5.41, 5.74) is -0.908. The van der Waals surface area contributed by atoms with Gasteiger partial charge in [0.2, 0.25) is 0 Å². The molecular weight excluding hydrogens is 312 g/mol. The van der Waals surface area contributed by atoms with Crippen molar-refractivity contribution < 1.29 is 9.53 Å². The van der Waals surface area contributed by atoms with E-state index >= 15 is 0 Å². The maximum Gasteiger partial charge on any atom is 0.421 e. The van der Waals surface area contributed by atoms with E-state index in [4.69, 9.17) is 4.74 Å². The van der Waals surface area contributed by atoms with Gasteiger partial charge in [0.1, 0.15) is 11.1 Å². The lowest BCUT2D eigenvalue weighted by Gasteiger charge is -2.19. The van der Waals surface area contributed by atoms with E-state index in [-0.39, 0.29) is 5.52 Å². The summed E-state index contributed by atoms with van der Waals surface area (Å²) in [5, 5.41) is 0.666. The van der Waals surface area contributed by atoms with Crippen molar-refractivity contribution in [2.75, 3.05) is 0 Å². The maximum atomic E-state index is 12.2. The third kappa shape index (κ3) is 3.01. The maximum absolute atomic E-state index is 12.2. The third-order valence-corrected chi connectivity index (χ3v) is 2.73. The van der Waals surface area contributed by atoms with Gasteiger partial charge in [-0.25, -0.2) is 14.3 Å². The van der Waals surface area contributed by atoms with E-state index in [1.165, 1.54) is 12.4 Å². The highest BCUT2D eigenvalue weighted by atomic mass is 79.9. The van der Waals surface area contributed by atoms with Gasteiger partial charge >= 0.3 is 6.09 Å². The minimum Gasteiger partial charge on any atom is -0.443 e. The lowest BCUT2D eigenvalue weighted by Crippen LogP contribution is -2.33. The molecule has 2 rings (SSSR count). The third-order valence-electron chi connectivity index (χ3n) is 2.30. The van der Waals surface area contributed by atoms with Crippen LogP contribution in [-0.2, 0) is 4.74 Å². The van der Waals surface area contributed by atoms with Crippen molar-refractivity contribution in [3.63, 3.8) is 0 Å². The monoisotopic (exact) mass is 324 g/mol. The minimum absolute atomic E-state index is 0.233. The van der Waals surface area contributed by atoms with E-state index in [0.29, 0.717) is 5.39 Å². The average molecular weight is 325 g/mol. The number of aromatic nitrogens is 2. The number of rotatable bonds is 0. The van der Waals surface area contributed by atoms with Crippen LogP contribution in [0.4, 0.5) is 4.79 Å². The van der Waals surface area contributed by atoms with Crippen LogP contribution < -0.4 is 5.56 Å². The van der Waals surface area contributed by atoms with Crippen molar-refractivity contribution in [3.05, 3.63) is 39.4 Å². The highest BCUT2D eigenvalue weighted by Crippen LogP contribution is 2.15. The molecule has 0 atom stereocenters. The van der Waals surface area contributed by atoms with Gasteiger partial charge in [0.25, 0.3) is 5.56 Å². The van der Waals surface area contributed by atoms with Crippen molar-refractivity contribution in [1.82, 2.24) is 9.55 Å². The molecule has 0 bridgehead atoms. The van der Waals surface area contributed by atoms with Crippen LogP contribution in [0.1, 0.15) is 20.8 Å². The fraction of sp³-hybridized carbons (Fsp3) is 0.308. The van der Waals surface area contributed by atoms with E-state index in [9.17, 15) is 9.59 Å². The number of carbonyl (C=O) groups excluding carboxylic acids is 1. The zero-order valence-electron chi connectivity index (χ0n) is 10.8. The molecule has 2 aromatic rings. The summed E-state index contributed by atoms with van der Waals surface area (Å²) in [7, 11) is 0. The topological polar surface area (TPSA) is 61.2 Å². The summed E-state index contributed by atoms with van der Waals surface area (Å²) < 4.78 is 6.86. The van der Waals surface area contributed by atoms with Crippen LogP contribution >= 0.6 is 15.9 Å². The van der Waals surface area contributed by atoms with Crippen molar-refractivity contribution in [2.24, 2.45) is 0 Å². The van der Waals surface area contributed by atoms with Gasteiger partial charge in [-0.15, -0.1) is 0 Å². The molecule has 0 aliphatic rings. The summed E-state index contributed by atoms with van der Waals surface area (Å²) in [4.78, 5) is 28.1. The fourth-order valence-corrected chi connectivity index (χ4v) is 1.90. The molecule has 0 amide bonds. The first kappa shape index (κ1) is 13.7. The Morgan fingerprint density at radius 1 is 1.42 bits per heavy atom. The number of hydrogen-bond donors (Lipinski definition) is 0. The molecular formula is C13H13BrN2O3. The average Bonchev–Trinajstić information content (AvgIpc) is 2.26. The molecule has 0 aliphatic carbocycles. The van der Waals surface area contributed by atoms with Crippen LogP contribution in [0.25, 0.3) is 10.9 Å². The first-order valence-corrected chi connectivity index (χ1v) is 6.47. The van der Waals surface area contributed by atoms with Gasteiger partial charge in [-0.05, 0) is 48.8 Å². The Kier molecular flexibility index (Phi) is 3.45. The molecule has 0 unspecified atom stereocenters. The summed E-state index contributed by atoms with van der Waals surface area (Å²) >= 11 is 3.28. The molecule has 0 spiro atoms. The number of fused-ring (bicyclic) bond motifs is 1. The van der Waals surface area contributed by atoms with Gasteiger partial charge in [-0.1, -0.05) is 0 Å². The smallest absolute Gasteiger partial charge is 0.421 e. The second-order valence-corrected chi connectivity index (χ2v) is 5.98. The highest BCUT2D eigenvalue weighted by Gasteiger charge is 2.19. The summed E-state index contributed by atoms with van der Waals surface area (Å²) in [6.07, 6.45) is 2.21. The lowest BCUT2D eigenvalue weighted by atomic mass is 10.2. The first-order valence-electron chi connectivity index (χ1n) is 5.68. The van der Waals surface area contributed by atoms with E-state index in [2.05, 4.69) is 20.9 Å². The summed E-state index contributed by atoms with van der Waals surface area (Å²) in [6, 6.07) is 3.42.